The smallest absolute Gasteiger partial charge is 0.258 e. The van der Waals surface area contributed by atoms with Crippen LogP contribution in [0.3, 0.4) is 0 Å². The fourth-order valence-electron chi connectivity index (χ4n) is 1.92. The number of hydrogen-bond donors (Lipinski definition) is 1. The molecule has 21 heavy (non-hydrogen) atoms. The largest absolute Gasteiger partial charge is 0.483 e. The van der Waals surface area contributed by atoms with Crippen LogP contribution >= 0.6 is 0 Å². The van der Waals surface area contributed by atoms with Gasteiger partial charge in [-0.2, -0.15) is 0 Å². The third-order valence-corrected chi connectivity index (χ3v) is 3.28. The number of aryl methyl sites for hydroxylation is 1. The van der Waals surface area contributed by atoms with Crippen LogP contribution in [-0.2, 0) is 11.3 Å². The normalized spacial score (nSPS) is 10.7. The molecule has 1 amide bonds. The number of benzene rings is 1. The summed E-state index contributed by atoms with van der Waals surface area (Å²) >= 11 is 0. The maximum atomic E-state index is 11.8. The van der Waals surface area contributed by atoms with Gasteiger partial charge in [-0.1, -0.05) is 26.0 Å². The molecular weight excluding hydrogens is 266 g/mol. The molecule has 2 aromatic rings. The summed E-state index contributed by atoms with van der Waals surface area (Å²) in [7, 11) is 0. The Hall–Kier alpha value is -2.23. The number of hydrogen-bond acceptors (Lipinski definition) is 3. The van der Waals surface area contributed by atoms with Gasteiger partial charge in [-0.25, -0.2) is 0 Å². The van der Waals surface area contributed by atoms with Gasteiger partial charge >= 0.3 is 0 Å². The molecule has 0 atom stereocenters. The molecule has 0 aliphatic rings. The van der Waals surface area contributed by atoms with Gasteiger partial charge < -0.3 is 14.5 Å². The van der Waals surface area contributed by atoms with Crippen molar-refractivity contribution in [3.05, 3.63) is 53.5 Å². The molecule has 0 radical (unpaired) electrons. The van der Waals surface area contributed by atoms with Crippen LogP contribution in [0.15, 0.2) is 41.0 Å². The molecular formula is C17H21NO3. The summed E-state index contributed by atoms with van der Waals surface area (Å²) in [6, 6.07) is 9.71. The minimum atomic E-state index is -0.166. The maximum Gasteiger partial charge on any atom is 0.258 e. The number of ether oxygens (including phenoxy) is 1. The minimum Gasteiger partial charge on any atom is -0.483 e. The van der Waals surface area contributed by atoms with Gasteiger partial charge in [0.15, 0.2) is 6.61 Å². The first-order chi connectivity index (χ1) is 10.1. The van der Waals surface area contributed by atoms with Gasteiger partial charge in [0.25, 0.3) is 5.91 Å². The maximum absolute atomic E-state index is 11.8. The van der Waals surface area contributed by atoms with E-state index in [9.17, 15) is 4.79 Å². The first-order valence-electron chi connectivity index (χ1n) is 7.08. The summed E-state index contributed by atoms with van der Waals surface area (Å²) in [5.41, 5.74) is 2.23. The lowest BCUT2D eigenvalue weighted by atomic mass is 10.0. The lowest BCUT2D eigenvalue weighted by Crippen LogP contribution is -2.28. The first-order valence-corrected chi connectivity index (χ1v) is 7.08. The van der Waals surface area contributed by atoms with Crippen LogP contribution in [0.25, 0.3) is 0 Å². The SMILES string of the molecule is Cc1ccc(C(C)C)cc1OCC(=O)NCc1ccco1. The molecule has 0 bridgehead atoms. The Morgan fingerprint density at radius 3 is 2.81 bits per heavy atom. The monoisotopic (exact) mass is 287 g/mol. The van der Waals surface area contributed by atoms with E-state index in [1.54, 1.807) is 12.3 Å². The van der Waals surface area contributed by atoms with Crippen LogP contribution in [0.5, 0.6) is 5.75 Å². The topological polar surface area (TPSA) is 51.5 Å². The van der Waals surface area contributed by atoms with E-state index >= 15 is 0 Å². The summed E-state index contributed by atoms with van der Waals surface area (Å²) in [5, 5.41) is 2.75. The fraction of sp³-hybridized carbons (Fsp3) is 0.353. The fourth-order valence-corrected chi connectivity index (χ4v) is 1.92. The molecule has 0 fully saturated rings. The van der Waals surface area contributed by atoms with E-state index in [0.717, 1.165) is 17.1 Å². The molecule has 4 heteroatoms. The Morgan fingerprint density at radius 2 is 2.14 bits per heavy atom. The number of rotatable bonds is 6. The molecule has 1 aromatic heterocycles. The van der Waals surface area contributed by atoms with Crippen molar-refractivity contribution in [1.29, 1.82) is 0 Å². The Morgan fingerprint density at radius 1 is 1.33 bits per heavy atom. The minimum absolute atomic E-state index is 0.00307. The Labute approximate surface area is 125 Å². The van der Waals surface area contributed by atoms with Gasteiger partial charge in [-0.3, -0.25) is 4.79 Å². The van der Waals surface area contributed by atoms with Gasteiger partial charge in [0.2, 0.25) is 0 Å². The van der Waals surface area contributed by atoms with Gasteiger partial charge in [0.1, 0.15) is 11.5 Å². The molecule has 2 rings (SSSR count). The van der Waals surface area contributed by atoms with Crippen LogP contribution in [0.1, 0.15) is 36.7 Å². The molecule has 1 heterocycles. The number of furan rings is 1. The molecule has 0 unspecified atom stereocenters. The molecule has 0 saturated carbocycles. The lowest BCUT2D eigenvalue weighted by molar-refractivity contribution is -0.123. The number of carbonyl (C=O) groups is 1. The van der Waals surface area contributed by atoms with Gasteiger partial charge in [-0.15, -0.1) is 0 Å². The summed E-state index contributed by atoms with van der Waals surface area (Å²) < 4.78 is 10.8. The van der Waals surface area contributed by atoms with Crippen LogP contribution < -0.4 is 10.1 Å². The quantitative estimate of drug-likeness (QED) is 0.885. The Bertz CT molecular complexity index is 588. The summed E-state index contributed by atoms with van der Waals surface area (Å²) in [6.07, 6.45) is 1.58. The molecule has 0 aliphatic heterocycles. The summed E-state index contributed by atoms with van der Waals surface area (Å²) in [4.78, 5) is 11.8. The van der Waals surface area contributed by atoms with Crippen molar-refractivity contribution in [3.63, 3.8) is 0 Å². The highest BCUT2D eigenvalue weighted by Gasteiger charge is 2.08. The highest BCUT2D eigenvalue weighted by atomic mass is 16.5. The average molecular weight is 287 g/mol. The second-order valence-corrected chi connectivity index (χ2v) is 5.32. The number of amides is 1. The van der Waals surface area contributed by atoms with Crippen molar-refractivity contribution >= 4 is 5.91 Å². The highest BCUT2D eigenvalue weighted by Crippen LogP contribution is 2.24. The third kappa shape index (κ3) is 4.38. The predicted octanol–water partition coefficient (Wildman–Crippen LogP) is 3.41. The van der Waals surface area contributed by atoms with E-state index < -0.39 is 0 Å². The van der Waals surface area contributed by atoms with Crippen LogP contribution in [0, 0.1) is 6.92 Å². The van der Waals surface area contributed by atoms with Crippen molar-refractivity contribution < 1.29 is 13.9 Å². The summed E-state index contributed by atoms with van der Waals surface area (Å²) in [5.74, 6) is 1.75. The Balaban J connectivity index is 1.87. The standard InChI is InChI=1S/C17H21NO3/c1-12(2)14-7-6-13(3)16(9-14)21-11-17(19)18-10-15-5-4-8-20-15/h4-9,12H,10-11H2,1-3H3,(H,18,19). The van der Waals surface area contributed by atoms with Crippen molar-refractivity contribution in [3.8, 4) is 5.75 Å². The molecule has 0 spiro atoms. The van der Waals surface area contributed by atoms with E-state index in [1.165, 1.54) is 5.56 Å². The number of nitrogens with one attached hydrogen (secondary N) is 1. The van der Waals surface area contributed by atoms with Gasteiger partial charge in [0.05, 0.1) is 12.8 Å². The van der Waals surface area contributed by atoms with Gasteiger partial charge in [-0.05, 0) is 42.2 Å². The molecule has 0 aliphatic carbocycles. The average Bonchev–Trinajstić information content (AvgIpc) is 2.97. The molecule has 112 valence electrons. The predicted molar refractivity (Wildman–Crippen MR) is 81.3 cm³/mol. The highest BCUT2D eigenvalue weighted by molar-refractivity contribution is 5.77. The van der Waals surface area contributed by atoms with Gasteiger partial charge in [0, 0.05) is 0 Å². The Kier molecular flexibility index (Phi) is 5.04. The molecule has 1 N–H and O–H groups in total. The molecule has 0 saturated heterocycles. The molecule has 4 nitrogen and oxygen atoms in total. The van der Waals surface area contributed by atoms with Crippen LogP contribution in [0.4, 0.5) is 0 Å². The van der Waals surface area contributed by atoms with Crippen LogP contribution in [-0.4, -0.2) is 12.5 Å². The summed E-state index contributed by atoms with van der Waals surface area (Å²) in [6.45, 7) is 6.61. The second kappa shape index (κ2) is 6.97. The zero-order chi connectivity index (χ0) is 15.2. The zero-order valence-corrected chi connectivity index (χ0v) is 12.7. The van der Waals surface area contributed by atoms with Crippen molar-refractivity contribution in [2.75, 3.05) is 6.61 Å². The van der Waals surface area contributed by atoms with Crippen molar-refractivity contribution in [2.45, 2.75) is 33.2 Å². The second-order valence-electron chi connectivity index (χ2n) is 5.32. The van der Waals surface area contributed by atoms with E-state index in [4.69, 9.17) is 9.15 Å². The van der Waals surface area contributed by atoms with E-state index in [0.29, 0.717) is 12.5 Å². The van der Waals surface area contributed by atoms with Crippen molar-refractivity contribution in [2.24, 2.45) is 0 Å². The third-order valence-electron chi connectivity index (χ3n) is 3.28. The van der Waals surface area contributed by atoms with E-state index in [2.05, 4.69) is 25.2 Å². The van der Waals surface area contributed by atoms with Crippen LogP contribution in [0.2, 0.25) is 0 Å². The van der Waals surface area contributed by atoms with E-state index in [1.807, 2.05) is 25.1 Å². The number of carbonyl (C=O) groups excluding carboxylic acids is 1. The zero-order valence-electron chi connectivity index (χ0n) is 12.7. The molecule has 1 aromatic carbocycles. The lowest BCUT2D eigenvalue weighted by Gasteiger charge is -2.12. The van der Waals surface area contributed by atoms with Crippen molar-refractivity contribution in [1.82, 2.24) is 5.32 Å². The first kappa shape index (κ1) is 15.2. The van der Waals surface area contributed by atoms with E-state index in [-0.39, 0.29) is 12.5 Å².